The van der Waals surface area contributed by atoms with Crippen molar-refractivity contribution in [2.45, 2.75) is 13.0 Å². The van der Waals surface area contributed by atoms with Crippen molar-refractivity contribution in [2.24, 2.45) is 0 Å². The third-order valence-electron chi connectivity index (χ3n) is 5.78. The molecule has 2 aliphatic rings. The van der Waals surface area contributed by atoms with E-state index in [0.29, 0.717) is 22.8 Å². The number of urea groups is 1. The number of rotatable bonds is 6. The molecule has 0 radical (unpaired) electrons. The first-order valence-electron chi connectivity index (χ1n) is 10.9. The minimum Gasteiger partial charge on any atom is -0.463 e. The molecule has 2 heterocycles. The van der Waals surface area contributed by atoms with E-state index in [0.717, 1.165) is 42.5 Å². The van der Waals surface area contributed by atoms with Gasteiger partial charge in [0, 0.05) is 43.4 Å². The van der Waals surface area contributed by atoms with Crippen LogP contribution >= 0.6 is 23.2 Å². The molecule has 1 fully saturated rings. The lowest BCUT2D eigenvalue weighted by atomic mass is 9.95. The molecule has 2 amide bonds. The van der Waals surface area contributed by atoms with E-state index in [2.05, 4.69) is 20.4 Å². The van der Waals surface area contributed by atoms with Gasteiger partial charge in [0.25, 0.3) is 0 Å². The van der Waals surface area contributed by atoms with Gasteiger partial charge in [-0.1, -0.05) is 47.5 Å². The van der Waals surface area contributed by atoms with Gasteiger partial charge in [-0.25, -0.2) is 9.59 Å². The summed E-state index contributed by atoms with van der Waals surface area (Å²) < 4.78 is 5.34. The molecule has 0 spiro atoms. The molecule has 33 heavy (non-hydrogen) atoms. The van der Waals surface area contributed by atoms with E-state index in [1.54, 1.807) is 25.1 Å². The fourth-order valence-electron chi connectivity index (χ4n) is 4.21. The van der Waals surface area contributed by atoms with Crippen molar-refractivity contribution in [1.82, 2.24) is 15.5 Å². The van der Waals surface area contributed by atoms with Gasteiger partial charge >= 0.3 is 12.0 Å². The molecule has 7 nitrogen and oxygen atoms in total. The van der Waals surface area contributed by atoms with Gasteiger partial charge in [0.15, 0.2) is 0 Å². The van der Waals surface area contributed by atoms with Crippen LogP contribution in [0.25, 0.3) is 0 Å². The number of nitrogens with zero attached hydrogens (tertiary/aromatic N) is 2. The van der Waals surface area contributed by atoms with Crippen LogP contribution in [-0.2, 0) is 9.53 Å². The molecular formula is C24H26Cl2N4O3. The number of piperazine rings is 1. The number of benzene rings is 2. The molecule has 0 bridgehead atoms. The molecule has 0 unspecified atom stereocenters. The van der Waals surface area contributed by atoms with Crippen LogP contribution in [0.1, 0.15) is 18.5 Å². The van der Waals surface area contributed by atoms with E-state index in [4.69, 9.17) is 27.9 Å². The highest BCUT2D eigenvalue weighted by Crippen LogP contribution is 2.30. The van der Waals surface area contributed by atoms with Crippen LogP contribution in [-0.4, -0.2) is 56.2 Å². The zero-order chi connectivity index (χ0) is 23.4. The summed E-state index contributed by atoms with van der Waals surface area (Å²) in [5, 5.41) is 6.94. The molecule has 174 valence electrons. The number of ether oxygens (including phenoxy) is 1. The Labute approximate surface area is 203 Å². The van der Waals surface area contributed by atoms with E-state index in [1.165, 1.54) is 0 Å². The number of para-hydroxylation sites is 1. The largest absolute Gasteiger partial charge is 0.463 e. The van der Waals surface area contributed by atoms with Crippen LogP contribution in [0.3, 0.4) is 0 Å². The van der Waals surface area contributed by atoms with Gasteiger partial charge in [-0.05, 0) is 36.8 Å². The van der Waals surface area contributed by atoms with Crippen molar-refractivity contribution in [3.05, 3.63) is 75.4 Å². The minimum atomic E-state index is -0.643. The van der Waals surface area contributed by atoms with Crippen molar-refractivity contribution < 1.29 is 14.3 Å². The number of hydrogen-bond donors (Lipinski definition) is 2. The summed E-state index contributed by atoms with van der Waals surface area (Å²) in [5.74, 6) is -0.459. The van der Waals surface area contributed by atoms with Crippen LogP contribution in [0, 0.1) is 0 Å². The van der Waals surface area contributed by atoms with Crippen LogP contribution in [0.15, 0.2) is 59.8 Å². The first-order chi connectivity index (χ1) is 16.0. The van der Waals surface area contributed by atoms with Gasteiger partial charge in [0.2, 0.25) is 0 Å². The number of esters is 1. The van der Waals surface area contributed by atoms with Crippen LogP contribution in [0.4, 0.5) is 10.5 Å². The average molecular weight is 489 g/mol. The van der Waals surface area contributed by atoms with Gasteiger partial charge in [-0.15, -0.1) is 0 Å². The number of hydrogen-bond acceptors (Lipinski definition) is 5. The predicted molar refractivity (Wildman–Crippen MR) is 130 cm³/mol. The van der Waals surface area contributed by atoms with Crippen LogP contribution in [0.5, 0.6) is 0 Å². The van der Waals surface area contributed by atoms with E-state index in [-0.39, 0.29) is 12.6 Å². The molecule has 2 N–H and O–H groups in total. The summed E-state index contributed by atoms with van der Waals surface area (Å²) in [6, 6.07) is 13.9. The monoisotopic (exact) mass is 488 g/mol. The van der Waals surface area contributed by atoms with Gasteiger partial charge in [-0.2, -0.15) is 0 Å². The Kier molecular flexibility index (Phi) is 7.42. The van der Waals surface area contributed by atoms with Crippen molar-refractivity contribution in [3.63, 3.8) is 0 Å². The Morgan fingerprint density at radius 3 is 2.55 bits per heavy atom. The summed E-state index contributed by atoms with van der Waals surface area (Å²) in [5.41, 5.74) is 2.68. The number of anilines is 1. The maximum Gasteiger partial charge on any atom is 0.338 e. The average Bonchev–Trinajstić information content (AvgIpc) is 2.80. The topological polar surface area (TPSA) is 73.9 Å². The summed E-state index contributed by atoms with van der Waals surface area (Å²) in [6.07, 6.45) is 0. The number of halogens is 2. The highest BCUT2D eigenvalue weighted by Gasteiger charge is 2.34. The second-order valence-corrected chi connectivity index (χ2v) is 8.76. The Hall–Kier alpha value is -2.74. The Balaban J connectivity index is 1.57. The van der Waals surface area contributed by atoms with Crippen molar-refractivity contribution in [3.8, 4) is 0 Å². The fourth-order valence-corrected chi connectivity index (χ4v) is 4.66. The van der Waals surface area contributed by atoms with Gasteiger partial charge in [0.05, 0.1) is 28.9 Å². The van der Waals surface area contributed by atoms with Crippen LogP contribution in [0.2, 0.25) is 10.0 Å². The smallest absolute Gasteiger partial charge is 0.338 e. The molecule has 4 rings (SSSR count). The quantitative estimate of drug-likeness (QED) is 0.601. The molecule has 2 aromatic rings. The summed E-state index contributed by atoms with van der Waals surface area (Å²) in [7, 11) is 0. The lowest BCUT2D eigenvalue weighted by molar-refractivity contribution is -0.139. The number of carbonyl (C=O) groups is 2. The van der Waals surface area contributed by atoms with E-state index in [1.807, 2.05) is 30.3 Å². The third kappa shape index (κ3) is 5.43. The normalized spacial score (nSPS) is 19.2. The minimum absolute atomic E-state index is 0.238. The molecule has 9 heteroatoms. The molecule has 1 atom stereocenters. The number of amides is 2. The fraction of sp³-hybridized carbons (Fsp3) is 0.333. The molecule has 2 aliphatic heterocycles. The molecular weight excluding hydrogens is 463 g/mol. The van der Waals surface area contributed by atoms with Gasteiger partial charge in [0.1, 0.15) is 0 Å². The zero-order valence-corrected chi connectivity index (χ0v) is 19.8. The van der Waals surface area contributed by atoms with Gasteiger partial charge < -0.3 is 20.3 Å². The standard InChI is InChI=1S/C24H26Cl2N4O3/c1-2-33-23(31)21-19(27-24(32)28-22(21)16-6-5-7-17(25)14-16)15-29-10-12-30(13-11-29)20-9-4-3-8-18(20)26/h3-9,14,22H,2,10-13,15H2,1H3,(H2,27,28,32)/t22-/m1/s1. The summed E-state index contributed by atoms with van der Waals surface area (Å²) >= 11 is 12.5. The van der Waals surface area contributed by atoms with Crippen LogP contribution < -0.4 is 15.5 Å². The number of nitrogens with one attached hydrogen (secondary N) is 2. The van der Waals surface area contributed by atoms with Crippen molar-refractivity contribution in [2.75, 3.05) is 44.2 Å². The Morgan fingerprint density at radius 1 is 1.09 bits per heavy atom. The summed E-state index contributed by atoms with van der Waals surface area (Å²) in [4.78, 5) is 29.9. The van der Waals surface area contributed by atoms with Gasteiger partial charge in [-0.3, -0.25) is 4.90 Å². The zero-order valence-electron chi connectivity index (χ0n) is 18.3. The molecule has 0 aromatic heterocycles. The maximum absolute atomic E-state index is 13.0. The SMILES string of the molecule is CCOC(=O)C1=C(CN2CCN(c3ccccc3Cl)CC2)NC(=O)N[C@@H]1c1cccc(Cl)c1. The van der Waals surface area contributed by atoms with E-state index >= 15 is 0 Å². The predicted octanol–water partition coefficient (Wildman–Crippen LogP) is 3.99. The molecule has 1 saturated heterocycles. The van der Waals surface area contributed by atoms with E-state index < -0.39 is 12.0 Å². The van der Waals surface area contributed by atoms with Crippen molar-refractivity contribution in [1.29, 1.82) is 0 Å². The molecule has 2 aromatic carbocycles. The van der Waals surface area contributed by atoms with Crippen molar-refractivity contribution >= 4 is 40.9 Å². The lowest BCUT2D eigenvalue weighted by Gasteiger charge is -2.38. The second-order valence-electron chi connectivity index (χ2n) is 7.91. The van der Waals surface area contributed by atoms with E-state index in [9.17, 15) is 9.59 Å². The lowest BCUT2D eigenvalue weighted by Crippen LogP contribution is -2.51. The molecule has 0 aliphatic carbocycles. The first-order valence-corrected chi connectivity index (χ1v) is 11.7. The molecule has 0 saturated carbocycles. The summed E-state index contributed by atoms with van der Waals surface area (Å²) in [6.45, 7) is 5.52. The third-order valence-corrected chi connectivity index (χ3v) is 6.33. The highest BCUT2D eigenvalue weighted by molar-refractivity contribution is 6.33. The number of carbonyl (C=O) groups excluding carboxylic acids is 2. The Morgan fingerprint density at radius 2 is 1.85 bits per heavy atom. The second kappa shape index (κ2) is 10.5. The first kappa shape index (κ1) is 23.4. The highest BCUT2D eigenvalue weighted by atomic mass is 35.5. The maximum atomic E-state index is 13.0. The Bertz CT molecular complexity index is 1070.